The quantitative estimate of drug-likeness (QED) is 0.896. The molecule has 0 bridgehead atoms. The van der Waals surface area contributed by atoms with Gasteiger partial charge in [0.15, 0.2) is 5.78 Å². The number of carbonyl (C=O) groups is 1. The Bertz CT molecular complexity index is 341. The molecule has 0 spiro atoms. The van der Waals surface area contributed by atoms with E-state index in [-0.39, 0.29) is 18.0 Å². The summed E-state index contributed by atoms with van der Waals surface area (Å²) in [4.78, 5) is 11.3. The first-order valence-electron chi connectivity index (χ1n) is 4.23. The smallest absolute Gasteiger partial charge is 0.151 e. The van der Waals surface area contributed by atoms with E-state index in [9.17, 15) is 9.18 Å². The van der Waals surface area contributed by atoms with Crippen LogP contribution >= 0.6 is 15.9 Å². The van der Waals surface area contributed by atoms with Gasteiger partial charge in [-0.2, -0.15) is 0 Å². The highest BCUT2D eigenvalue weighted by Crippen LogP contribution is 2.18. The van der Waals surface area contributed by atoms with Crippen molar-refractivity contribution in [3.05, 3.63) is 34.1 Å². The lowest BCUT2D eigenvalue weighted by atomic mass is 10.1. The molecular weight excluding hydrogens is 249 g/mol. The minimum atomic E-state index is -0.319. The zero-order valence-electron chi connectivity index (χ0n) is 7.81. The minimum absolute atomic E-state index is 0.0406. The van der Waals surface area contributed by atoms with Crippen LogP contribution in [0.3, 0.4) is 0 Å². The fraction of sp³-hybridized carbons (Fsp3) is 0.300. The molecule has 1 aromatic carbocycles. The van der Waals surface area contributed by atoms with Crippen molar-refractivity contribution in [1.82, 2.24) is 5.32 Å². The second-order valence-corrected chi connectivity index (χ2v) is 3.84. The zero-order chi connectivity index (χ0) is 10.6. The molecule has 1 N–H and O–H groups in total. The third-order valence-electron chi connectivity index (χ3n) is 1.77. The fourth-order valence-corrected chi connectivity index (χ4v) is 1.54. The van der Waals surface area contributed by atoms with Crippen LogP contribution in [0.1, 0.15) is 5.56 Å². The van der Waals surface area contributed by atoms with E-state index in [0.717, 1.165) is 4.47 Å². The van der Waals surface area contributed by atoms with Crippen LogP contribution in [0.5, 0.6) is 0 Å². The summed E-state index contributed by atoms with van der Waals surface area (Å²) in [5, 5.41) is 2.76. The number of carbonyl (C=O) groups excluding carboxylic acids is 1. The summed E-state index contributed by atoms with van der Waals surface area (Å²) < 4.78 is 13.6. The summed E-state index contributed by atoms with van der Waals surface area (Å²) in [5.74, 6) is -0.278. The molecule has 0 aliphatic carbocycles. The highest BCUT2D eigenvalue weighted by Gasteiger charge is 2.06. The first kappa shape index (κ1) is 11.3. The average Bonchev–Trinajstić information content (AvgIpc) is 2.12. The largest absolute Gasteiger partial charge is 0.313 e. The molecule has 0 aromatic heterocycles. The average molecular weight is 260 g/mol. The number of Topliss-reactive ketones (excluding diaryl/α,β-unsaturated/α-hetero) is 1. The van der Waals surface area contributed by atoms with Crippen LogP contribution in [0.25, 0.3) is 0 Å². The summed E-state index contributed by atoms with van der Waals surface area (Å²) in [5.41, 5.74) is 0.685. The number of likely N-dealkylation sites (N-methyl/N-ethyl adjacent to an activating group) is 1. The number of ketones is 1. The Morgan fingerprint density at radius 3 is 2.93 bits per heavy atom. The van der Waals surface area contributed by atoms with Gasteiger partial charge in [-0.25, -0.2) is 4.39 Å². The summed E-state index contributed by atoms with van der Waals surface area (Å²) >= 11 is 3.27. The number of halogens is 2. The van der Waals surface area contributed by atoms with Gasteiger partial charge in [0.25, 0.3) is 0 Å². The molecule has 1 rings (SSSR count). The number of benzene rings is 1. The topological polar surface area (TPSA) is 29.1 Å². The third kappa shape index (κ3) is 3.20. The van der Waals surface area contributed by atoms with Gasteiger partial charge in [-0.05, 0) is 30.8 Å². The van der Waals surface area contributed by atoms with Crippen molar-refractivity contribution in [2.75, 3.05) is 13.6 Å². The normalized spacial score (nSPS) is 10.2. The molecule has 14 heavy (non-hydrogen) atoms. The molecule has 0 atom stereocenters. The molecule has 0 fully saturated rings. The minimum Gasteiger partial charge on any atom is -0.313 e. The lowest BCUT2D eigenvalue weighted by Gasteiger charge is -2.03. The van der Waals surface area contributed by atoms with E-state index in [0.29, 0.717) is 12.1 Å². The number of nitrogens with one attached hydrogen (secondary N) is 1. The van der Waals surface area contributed by atoms with Crippen molar-refractivity contribution in [1.29, 1.82) is 0 Å². The predicted molar refractivity (Wildman–Crippen MR) is 56.7 cm³/mol. The molecule has 0 amide bonds. The van der Waals surface area contributed by atoms with Crippen LogP contribution < -0.4 is 5.32 Å². The maximum absolute atomic E-state index is 12.8. The second kappa shape index (κ2) is 5.22. The molecule has 76 valence electrons. The van der Waals surface area contributed by atoms with Gasteiger partial charge in [-0.1, -0.05) is 15.9 Å². The standard InChI is InChI=1S/C10H11BrFNO/c1-13-6-9(14)5-7-4-8(12)2-3-10(7)11/h2-4,13H,5-6H2,1H3. The van der Waals surface area contributed by atoms with E-state index in [2.05, 4.69) is 21.2 Å². The van der Waals surface area contributed by atoms with Crippen LogP contribution in [0, 0.1) is 5.82 Å². The molecule has 0 saturated carbocycles. The van der Waals surface area contributed by atoms with Crippen molar-refractivity contribution in [3.8, 4) is 0 Å². The van der Waals surface area contributed by atoms with Crippen molar-refractivity contribution >= 4 is 21.7 Å². The van der Waals surface area contributed by atoms with E-state index in [1.54, 1.807) is 13.1 Å². The molecule has 0 heterocycles. The summed E-state index contributed by atoms with van der Waals surface area (Å²) in [6.45, 7) is 0.308. The van der Waals surface area contributed by atoms with Crippen molar-refractivity contribution in [2.24, 2.45) is 0 Å². The fourth-order valence-electron chi connectivity index (χ4n) is 1.15. The van der Waals surface area contributed by atoms with E-state index >= 15 is 0 Å². The van der Waals surface area contributed by atoms with Crippen LogP contribution in [0.15, 0.2) is 22.7 Å². The van der Waals surface area contributed by atoms with E-state index in [1.165, 1.54) is 12.1 Å². The SMILES string of the molecule is CNCC(=O)Cc1cc(F)ccc1Br. The van der Waals surface area contributed by atoms with Gasteiger partial charge < -0.3 is 5.32 Å². The molecule has 0 aliphatic heterocycles. The van der Waals surface area contributed by atoms with E-state index in [4.69, 9.17) is 0 Å². The Hall–Kier alpha value is -0.740. The van der Waals surface area contributed by atoms with Gasteiger partial charge in [0.2, 0.25) is 0 Å². The van der Waals surface area contributed by atoms with Crippen LogP contribution in [0.2, 0.25) is 0 Å². The third-order valence-corrected chi connectivity index (χ3v) is 2.54. The Labute approximate surface area is 90.6 Å². The van der Waals surface area contributed by atoms with E-state index < -0.39 is 0 Å². The summed E-state index contributed by atoms with van der Waals surface area (Å²) in [7, 11) is 1.71. The Kier molecular flexibility index (Phi) is 4.22. The van der Waals surface area contributed by atoms with Crippen LogP contribution in [-0.2, 0) is 11.2 Å². The Morgan fingerprint density at radius 1 is 1.57 bits per heavy atom. The molecule has 0 aliphatic rings. The summed E-state index contributed by atoms with van der Waals surface area (Å²) in [6, 6.07) is 4.34. The Morgan fingerprint density at radius 2 is 2.29 bits per heavy atom. The Balaban J connectivity index is 2.75. The molecule has 0 radical (unpaired) electrons. The molecule has 0 saturated heterocycles. The lowest BCUT2D eigenvalue weighted by Crippen LogP contribution is -2.20. The molecule has 4 heteroatoms. The maximum atomic E-state index is 12.8. The van der Waals surface area contributed by atoms with Crippen molar-refractivity contribution < 1.29 is 9.18 Å². The molecule has 0 unspecified atom stereocenters. The van der Waals surface area contributed by atoms with Gasteiger partial charge >= 0.3 is 0 Å². The monoisotopic (exact) mass is 259 g/mol. The molecule has 1 aromatic rings. The van der Waals surface area contributed by atoms with Crippen molar-refractivity contribution in [3.63, 3.8) is 0 Å². The van der Waals surface area contributed by atoms with Crippen molar-refractivity contribution in [2.45, 2.75) is 6.42 Å². The predicted octanol–water partition coefficient (Wildman–Crippen LogP) is 1.92. The van der Waals surface area contributed by atoms with Gasteiger partial charge in [-0.3, -0.25) is 4.79 Å². The highest BCUT2D eigenvalue weighted by atomic mass is 79.9. The first-order chi connectivity index (χ1) is 6.63. The number of hydrogen-bond donors (Lipinski definition) is 1. The van der Waals surface area contributed by atoms with Gasteiger partial charge in [0, 0.05) is 10.9 Å². The molecular formula is C10H11BrFNO. The first-order valence-corrected chi connectivity index (χ1v) is 5.03. The van der Waals surface area contributed by atoms with Crippen LogP contribution in [0.4, 0.5) is 4.39 Å². The summed E-state index contributed by atoms with van der Waals surface area (Å²) in [6.07, 6.45) is 0.249. The molecule has 2 nitrogen and oxygen atoms in total. The number of hydrogen-bond acceptors (Lipinski definition) is 2. The second-order valence-electron chi connectivity index (χ2n) is 2.98. The van der Waals surface area contributed by atoms with Gasteiger partial charge in [-0.15, -0.1) is 0 Å². The lowest BCUT2D eigenvalue weighted by molar-refractivity contribution is -0.117. The van der Waals surface area contributed by atoms with Gasteiger partial charge in [0.05, 0.1) is 6.54 Å². The maximum Gasteiger partial charge on any atom is 0.151 e. The van der Waals surface area contributed by atoms with E-state index in [1.807, 2.05) is 0 Å². The highest BCUT2D eigenvalue weighted by molar-refractivity contribution is 9.10. The zero-order valence-corrected chi connectivity index (χ0v) is 9.40. The van der Waals surface area contributed by atoms with Crippen LogP contribution in [-0.4, -0.2) is 19.4 Å². The number of rotatable bonds is 4. The van der Waals surface area contributed by atoms with Gasteiger partial charge in [0.1, 0.15) is 5.82 Å².